The molecule has 0 heterocycles. The minimum absolute atomic E-state index is 0.0240. The fraction of sp³-hybridized carbons (Fsp3) is 0.562. The maximum absolute atomic E-state index is 11.8. The third-order valence-corrected chi connectivity index (χ3v) is 4.64. The van der Waals surface area contributed by atoms with Crippen LogP contribution in [0, 0.1) is 21.4 Å². The van der Waals surface area contributed by atoms with Crippen LogP contribution in [0.4, 0.5) is 5.69 Å². The first kappa shape index (κ1) is 15.5. The van der Waals surface area contributed by atoms with Gasteiger partial charge in [0.1, 0.15) is 0 Å². The van der Waals surface area contributed by atoms with Crippen LogP contribution in [0.3, 0.4) is 0 Å². The van der Waals surface area contributed by atoms with E-state index in [1.54, 1.807) is 12.1 Å². The number of non-ortho nitro benzene ring substituents is 1. The Hall–Kier alpha value is -1.91. The predicted molar refractivity (Wildman–Crippen MR) is 79.1 cm³/mol. The number of rotatable bonds is 5. The Morgan fingerprint density at radius 3 is 2.90 bits per heavy atom. The number of nitrogens with zero attached hydrogens (tertiary/aromatic N) is 1. The monoisotopic (exact) mass is 291 g/mol. The Balaban J connectivity index is 2.26. The number of carboxylic acids is 1. The second kappa shape index (κ2) is 6.24. The van der Waals surface area contributed by atoms with Gasteiger partial charge in [0.25, 0.3) is 5.69 Å². The second-order valence-electron chi connectivity index (χ2n) is 6.06. The normalized spacial score (nSPS) is 25.5. The van der Waals surface area contributed by atoms with Crippen LogP contribution in [0.2, 0.25) is 0 Å². The molecule has 1 aromatic rings. The molecule has 0 aromatic heterocycles. The molecule has 0 amide bonds. The van der Waals surface area contributed by atoms with E-state index < -0.39 is 16.3 Å². The molecule has 5 nitrogen and oxygen atoms in total. The average Bonchev–Trinajstić information content (AvgIpc) is 2.47. The minimum Gasteiger partial charge on any atom is -0.481 e. The number of hydrogen-bond donors (Lipinski definition) is 1. The SMILES string of the molecule is CCC1CCCC(Cc2cccc([N+](=O)[O-])c2)(C(=O)O)C1. The number of benzene rings is 1. The lowest BCUT2D eigenvalue weighted by molar-refractivity contribution is -0.384. The van der Waals surface area contributed by atoms with Crippen molar-refractivity contribution in [3.05, 3.63) is 39.9 Å². The van der Waals surface area contributed by atoms with Gasteiger partial charge in [-0.3, -0.25) is 14.9 Å². The summed E-state index contributed by atoms with van der Waals surface area (Å²) in [5.74, 6) is -0.333. The summed E-state index contributed by atoms with van der Waals surface area (Å²) in [4.78, 5) is 22.2. The molecule has 2 atom stereocenters. The number of nitro benzene ring substituents is 1. The molecule has 0 saturated heterocycles. The van der Waals surface area contributed by atoms with Crippen molar-refractivity contribution in [1.82, 2.24) is 0 Å². The molecule has 1 N–H and O–H groups in total. The zero-order valence-electron chi connectivity index (χ0n) is 12.2. The number of aliphatic carboxylic acids is 1. The van der Waals surface area contributed by atoms with Crippen molar-refractivity contribution in [1.29, 1.82) is 0 Å². The highest BCUT2D eigenvalue weighted by molar-refractivity contribution is 5.75. The first-order valence-corrected chi connectivity index (χ1v) is 7.43. The van der Waals surface area contributed by atoms with Crippen molar-refractivity contribution in [3.8, 4) is 0 Å². The third kappa shape index (κ3) is 3.40. The van der Waals surface area contributed by atoms with Crippen molar-refractivity contribution in [2.75, 3.05) is 0 Å². The standard InChI is InChI=1S/C16H21NO4/c1-2-12-6-4-8-16(10-12,15(18)19)11-13-5-3-7-14(9-13)17(20)21/h3,5,7,9,12H,2,4,6,8,10-11H2,1H3,(H,18,19). The van der Waals surface area contributed by atoms with Crippen LogP contribution in [0.5, 0.6) is 0 Å². The van der Waals surface area contributed by atoms with Crippen LogP contribution < -0.4 is 0 Å². The Morgan fingerprint density at radius 2 is 2.29 bits per heavy atom. The molecular weight excluding hydrogens is 270 g/mol. The van der Waals surface area contributed by atoms with E-state index in [1.165, 1.54) is 12.1 Å². The summed E-state index contributed by atoms with van der Waals surface area (Å²) in [6, 6.07) is 6.35. The van der Waals surface area contributed by atoms with Crippen molar-refractivity contribution < 1.29 is 14.8 Å². The highest BCUT2D eigenvalue weighted by atomic mass is 16.6. The molecule has 0 aliphatic heterocycles. The summed E-state index contributed by atoms with van der Waals surface area (Å²) in [5, 5.41) is 20.6. The third-order valence-electron chi connectivity index (χ3n) is 4.64. The van der Waals surface area contributed by atoms with E-state index in [9.17, 15) is 20.0 Å². The van der Waals surface area contributed by atoms with E-state index in [0.29, 0.717) is 25.2 Å². The Labute approximate surface area is 124 Å². The van der Waals surface area contributed by atoms with Gasteiger partial charge < -0.3 is 5.11 Å². The van der Waals surface area contributed by atoms with Crippen molar-refractivity contribution >= 4 is 11.7 Å². The molecule has 1 saturated carbocycles. The number of hydrogen-bond acceptors (Lipinski definition) is 3. The summed E-state index contributed by atoms with van der Waals surface area (Å²) in [5.41, 5.74) is -0.00651. The van der Waals surface area contributed by atoms with Gasteiger partial charge in [-0.15, -0.1) is 0 Å². The second-order valence-corrected chi connectivity index (χ2v) is 6.06. The fourth-order valence-electron chi connectivity index (χ4n) is 3.44. The van der Waals surface area contributed by atoms with E-state index in [-0.39, 0.29) is 5.69 Å². The van der Waals surface area contributed by atoms with Crippen LogP contribution >= 0.6 is 0 Å². The molecule has 21 heavy (non-hydrogen) atoms. The van der Waals surface area contributed by atoms with Gasteiger partial charge in [0.2, 0.25) is 0 Å². The Kier molecular flexibility index (Phi) is 4.60. The average molecular weight is 291 g/mol. The quantitative estimate of drug-likeness (QED) is 0.660. The lowest BCUT2D eigenvalue weighted by Crippen LogP contribution is -2.38. The maximum Gasteiger partial charge on any atom is 0.309 e. The van der Waals surface area contributed by atoms with Gasteiger partial charge in [0.15, 0.2) is 0 Å². The molecule has 5 heteroatoms. The zero-order valence-corrected chi connectivity index (χ0v) is 12.2. The molecule has 1 aliphatic rings. The van der Waals surface area contributed by atoms with Crippen LogP contribution in [0.15, 0.2) is 24.3 Å². The van der Waals surface area contributed by atoms with Gasteiger partial charge in [0.05, 0.1) is 10.3 Å². The molecule has 0 spiro atoms. The van der Waals surface area contributed by atoms with Gasteiger partial charge in [-0.1, -0.05) is 38.3 Å². The first-order valence-electron chi connectivity index (χ1n) is 7.43. The number of carboxylic acid groups (broad SMARTS) is 1. The fourth-order valence-corrected chi connectivity index (χ4v) is 3.44. The van der Waals surface area contributed by atoms with E-state index in [4.69, 9.17) is 0 Å². The molecule has 1 aromatic carbocycles. The topological polar surface area (TPSA) is 80.4 Å². The maximum atomic E-state index is 11.8. The van der Waals surface area contributed by atoms with Crippen LogP contribution in [-0.2, 0) is 11.2 Å². The van der Waals surface area contributed by atoms with Crippen molar-refractivity contribution in [3.63, 3.8) is 0 Å². The molecule has 1 aliphatic carbocycles. The minimum atomic E-state index is -0.771. The molecule has 2 unspecified atom stereocenters. The number of carbonyl (C=O) groups is 1. The summed E-state index contributed by atoms with van der Waals surface area (Å²) < 4.78 is 0. The van der Waals surface area contributed by atoms with Crippen LogP contribution in [-0.4, -0.2) is 16.0 Å². The van der Waals surface area contributed by atoms with Gasteiger partial charge in [0, 0.05) is 12.1 Å². The molecule has 114 valence electrons. The van der Waals surface area contributed by atoms with Gasteiger partial charge in [-0.2, -0.15) is 0 Å². The largest absolute Gasteiger partial charge is 0.481 e. The van der Waals surface area contributed by atoms with Gasteiger partial charge >= 0.3 is 5.97 Å². The molecule has 1 fully saturated rings. The van der Waals surface area contributed by atoms with Crippen molar-refractivity contribution in [2.45, 2.75) is 45.4 Å². The first-order chi connectivity index (χ1) is 9.97. The summed E-state index contributed by atoms with van der Waals surface area (Å²) >= 11 is 0. The lowest BCUT2D eigenvalue weighted by atomic mass is 9.66. The highest BCUT2D eigenvalue weighted by Gasteiger charge is 2.42. The molecule has 0 bridgehead atoms. The Bertz CT molecular complexity index is 543. The smallest absolute Gasteiger partial charge is 0.309 e. The number of nitro groups is 1. The molecule has 0 radical (unpaired) electrons. The molecular formula is C16H21NO4. The highest BCUT2D eigenvalue weighted by Crippen LogP contribution is 2.43. The van der Waals surface area contributed by atoms with E-state index in [0.717, 1.165) is 24.8 Å². The van der Waals surface area contributed by atoms with Gasteiger partial charge in [-0.05, 0) is 30.7 Å². The summed E-state index contributed by atoms with van der Waals surface area (Å²) in [6.45, 7) is 2.09. The van der Waals surface area contributed by atoms with Crippen LogP contribution in [0.25, 0.3) is 0 Å². The Morgan fingerprint density at radius 1 is 1.52 bits per heavy atom. The lowest BCUT2D eigenvalue weighted by Gasteiger charge is -2.37. The summed E-state index contributed by atoms with van der Waals surface area (Å²) in [7, 11) is 0. The van der Waals surface area contributed by atoms with E-state index >= 15 is 0 Å². The van der Waals surface area contributed by atoms with E-state index in [2.05, 4.69) is 6.92 Å². The van der Waals surface area contributed by atoms with E-state index in [1.807, 2.05) is 0 Å². The predicted octanol–water partition coefficient (Wildman–Crippen LogP) is 3.81. The van der Waals surface area contributed by atoms with Crippen LogP contribution in [0.1, 0.15) is 44.6 Å². The summed E-state index contributed by atoms with van der Waals surface area (Å²) in [6.07, 6.45) is 4.69. The molecule has 2 rings (SSSR count). The van der Waals surface area contributed by atoms with Gasteiger partial charge in [-0.25, -0.2) is 0 Å². The van der Waals surface area contributed by atoms with Crippen molar-refractivity contribution in [2.24, 2.45) is 11.3 Å². The zero-order chi connectivity index (χ0) is 15.5.